The first-order valence-corrected chi connectivity index (χ1v) is 14.8. The van der Waals surface area contributed by atoms with Crippen LogP contribution in [-0.2, 0) is 19.6 Å². The number of aromatic amines is 1. The number of carbonyl (C=O) groups is 1. The zero-order valence-corrected chi connectivity index (χ0v) is 22.3. The van der Waals surface area contributed by atoms with Gasteiger partial charge >= 0.3 is 0 Å². The Morgan fingerprint density at radius 3 is 2.71 bits per heavy atom. The van der Waals surface area contributed by atoms with E-state index in [0.29, 0.717) is 36.0 Å². The van der Waals surface area contributed by atoms with E-state index in [9.17, 15) is 13.2 Å². The number of nitrogens with zero attached hydrogens (tertiary/aromatic N) is 2. The average molecular weight is 534 g/mol. The molecule has 2 aliphatic heterocycles. The summed E-state index contributed by atoms with van der Waals surface area (Å²) in [6, 6.07) is 11.0. The molecule has 0 bridgehead atoms. The van der Waals surface area contributed by atoms with Gasteiger partial charge in [-0.3, -0.25) is 9.10 Å². The van der Waals surface area contributed by atoms with Crippen molar-refractivity contribution in [3.63, 3.8) is 0 Å². The number of H-pyrrole nitrogens is 1. The number of rotatable bonds is 6. The number of thiophene rings is 1. The first kappa shape index (κ1) is 24.4. The van der Waals surface area contributed by atoms with Crippen LogP contribution in [0.1, 0.15) is 26.0 Å². The SMILES string of the molecule is C[C@@H]1CN(C(=O)CC2C[NH+]=C(c3cc4cccc(N(C)S(=O)(=O)c5cccs5)c4[nH]3)S2)C[C@H](C)O1. The van der Waals surface area contributed by atoms with Gasteiger partial charge in [0.25, 0.3) is 15.1 Å². The number of nitrogens with one attached hydrogen (secondary N) is 2. The Balaban J connectivity index is 1.31. The van der Waals surface area contributed by atoms with Crippen LogP contribution in [0.5, 0.6) is 0 Å². The highest BCUT2D eigenvalue weighted by Gasteiger charge is 2.34. The number of carbonyl (C=O) groups excluding carboxylic acids is 1. The van der Waals surface area contributed by atoms with Crippen LogP contribution in [0.15, 0.2) is 46.0 Å². The number of fused-ring (bicyclic) bond motifs is 1. The molecule has 1 unspecified atom stereocenters. The molecular weight excluding hydrogens is 504 g/mol. The summed E-state index contributed by atoms with van der Waals surface area (Å²) < 4.78 is 33.5. The molecule has 5 rings (SSSR count). The van der Waals surface area contributed by atoms with Crippen molar-refractivity contribution >= 4 is 60.7 Å². The Bertz CT molecular complexity index is 1360. The van der Waals surface area contributed by atoms with Crippen molar-refractivity contribution in [2.45, 2.75) is 41.9 Å². The second-order valence-electron chi connectivity index (χ2n) is 9.04. The summed E-state index contributed by atoms with van der Waals surface area (Å²) in [6.07, 6.45) is 0.580. The third kappa shape index (κ3) is 4.87. The van der Waals surface area contributed by atoms with Crippen LogP contribution < -0.4 is 9.30 Å². The smallest absolute Gasteiger partial charge is 0.273 e. The standard InChI is InChI=1S/C24H28N4O4S3/c1-15-13-28(14-16(2)32-15)21(29)11-18-12-25-24(34-18)19-10-17-6-4-7-20(23(17)26-19)27(3)35(30,31)22-8-5-9-33-22/h4-10,15-16,18,26H,11-14H2,1-3H3/p+1/t15-,16+,18?. The van der Waals surface area contributed by atoms with Crippen molar-refractivity contribution in [3.05, 3.63) is 47.5 Å². The summed E-state index contributed by atoms with van der Waals surface area (Å²) in [7, 11) is -2.06. The van der Waals surface area contributed by atoms with E-state index in [0.717, 1.165) is 21.6 Å². The number of hydrogen-bond acceptors (Lipinski definition) is 6. The minimum atomic E-state index is -3.64. The lowest BCUT2D eigenvalue weighted by Gasteiger charge is -2.35. The molecule has 1 fully saturated rings. The number of sulfonamides is 1. The van der Waals surface area contributed by atoms with Crippen molar-refractivity contribution < 1.29 is 22.9 Å². The van der Waals surface area contributed by atoms with Crippen LogP contribution in [0, 0.1) is 0 Å². The second kappa shape index (κ2) is 9.61. The Kier molecular flexibility index (Phi) is 6.69. The summed E-state index contributed by atoms with van der Waals surface area (Å²) in [6.45, 7) is 5.98. The number of ether oxygens (including phenoxy) is 1. The number of amides is 1. The normalized spacial score (nSPS) is 23.0. The lowest BCUT2D eigenvalue weighted by molar-refractivity contribution is -0.448. The van der Waals surface area contributed by atoms with Gasteiger partial charge in [-0.1, -0.05) is 18.2 Å². The number of para-hydroxylation sites is 1. The van der Waals surface area contributed by atoms with Gasteiger partial charge in [0.05, 0.1) is 28.7 Å². The zero-order chi connectivity index (χ0) is 24.7. The zero-order valence-electron chi connectivity index (χ0n) is 19.9. The molecule has 0 spiro atoms. The van der Waals surface area contributed by atoms with Gasteiger partial charge in [-0.05, 0) is 49.2 Å². The number of benzene rings is 1. The van der Waals surface area contributed by atoms with Crippen LogP contribution >= 0.6 is 23.1 Å². The largest absolute Gasteiger partial charge is 0.372 e. The van der Waals surface area contributed by atoms with Crippen molar-refractivity contribution in [2.75, 3.05) is 31.0 Å². The summed E-state index contributed by atoms with van der Waals surface area (Å²) in [5, 5.41) is 3.79. The molecule has 186 valence electrons. The summed E-state index contributed by atoms with van der Waals surface area (Å²) in [4.78, 5) is 21.7. The van der Waals surface area contributed by atoms with E-state index in [2.05, 4.69) is 9.98 Å². The van der Waals surface area contributed by atoms with E-state index in [4.69, 9.17) is 4.74 Å². The molecule has 0 saturated carbocycles. The third-order valence-corrected chi connectivity index (χ3v) is 10.7. The molecule has 0 radical (unpaired) electrons. The van der Waals surface area contributed by atoms with Gasteiger partial charge in [0.15, 0.2) is 6.54 Å². The molecule has 3 atom stereocenters. The Hall–Kier alpha value is -2.34. The van der Waals surface area contributed by atoms with Crippen LogP contribution in [0.3, 0.4) is 0 Å². The van der Waals surface area contributed by atoms with Gasteiger partial charge in [0, 0.05) is 31.9 Å². The molecule has 35 heavy (non-hydrogen) atoms. The minimum Gasteiger partial charge on any atom is -0.372 e. The molecular formula is C24H29N4O4S3+. The van der Waals surface area contributed by atoms with Gasteiger partial charge in [0.2, 0.25) is 5.91 Å². The van der Waals surface area contributed by atoms with Crippen molar-refractivity contribution in [1.82, 2.24) is 9.88 Å². The topological polar surface area (TPSA) is 96.7 Å². The average Bonchev–Trinajstić information content (AvgIpc) is 3.58. The van der Waals surface area contributed by atoms with Crippen LogP contribution in [0.2, 0.25) is 0 Å². The van der Waals surface area contributed by atoms with Gasteiger partial charge in [-0.15, -0.1) is 11.3 Å². The fraction of sp³-hybridized carbons (Fsp3) is 0.417. The van der Waals surface area contributed by atoms with E-state index in [-0.39, 0.29) is 23.4 Å². The molecule has 4 heterocycles. The van der Waals surface area contributed by atoms with Gasteiger partial charge in [0.1, 0.15) is 9.90 Å². The molecule has 2 aliphatic rings. The fourth-order valence-corrected chi connectivity index (χ4v) is 8.13. The maximum absolute atomic E-state index is 13.1. The maximum Gasteiger partial charge on any atom is 0.273 e. The van der Waals surface area contributed by atoms with Crippen LogP contribution in [-0.4, -0.2) is 73.4 Å². The number of anilines is 1. The highest BCUT2D eigenvalue weighted by atomic mass is 32.2. The molecule has 0 aliphatic carbocycles. The van der Waals surface area contributed by atoms with Crippen molar-refractivity contribution in [3.8, 4) is 0 Å². The predicted octanol–water partition coefficient (Wildman–Crippen LogP) is 2.02. The molecule has 3 aromatic rings. The van der Waals surface area contributed by atoms with Crippen LogP contribution in [0.4, 0.5) is 5.69 Å². The van der Waals surface area contributed by atoms with Crippen LogP contribution in [0.25, 0.3) is 10.9 Å². The number of hydrogen-bond donors (Lipinski definition) is 2. The third-order valence-electron chi connectivity index (χ3n) is 6.28. The van der Waals surface area contributed by atoms with Crippen molar-refractivity contribution in [2.24, 2.45) is 0 Å². The molecule has 11 heteroatoms. The molecule has 2 aromatic heterocycles. The predicted molar refractivity (Wildman–Crippen MR) is 141 cm³/mol. The maximum atomic E-state index is 13.1. The second-order valence-corrected chi connectivity index (χ2v) is 13.5. The lowest BCUT2D eigenvalue weighted by atomic mass is 10.2. The van der Waals surface area contributed by atoms with E-state index < -0.39 is 10.0 Å². The monoisotopic (exact) mass is 533 g/mol. The van der Waals surface area contributed by atoms with E-state index in [1.54, 1.807) is 42.4 Å². The summed E-state index contributed by atoms with van der Waals surface area (Å²) in [5.41, 5.74) is 2.24. The fourth-order valence-electron chi connectivity index (χ4n) is 4.63. The summed E-state index contributed by atoms with van der Waals surface area (Å²) >= 11 is 2.86. The first-order valence-electron chi connectivity index (χ1n) is 11.6. The number of thioether (sulfide) groups is 1. The molecule has 1 saturated heterocycles. The quantitative estimate of drug-likeness (QED) is 0.506. The Morgan fingerprint density at radius 2 is 2.00 bits per heavy atom. The Morgan fingerprint density at radius 1 is 1.23 bits per heavy atom. The van der Waals surface area contributed by atoms with Gasteiger partial charge in [-0.2, -0.15) is 0 Å². The van der Waals surface area contributed by atoms with E-state index >= 15 is 0 Å². The molecule has 8 nitrogen and oxygen atoms in total. The number of aromatic nitrogens is 1. The molecule has 1 amide bonds. The first-order chi connectivity index (χ1) is 16.7. The van der Waals surface area contributed by atoms with Crippen molar-refractivity contribution in [1.29, 1.82) is 0 Å². The summed E-state index contributed by atoms with van der Waals surface area (Å²) in [5.74, 6) is 0.159. The highest BCUT2D eigenvalue weighted by Crippen LogP contribution is 2.32. The molecule has 2 N–H and O–H groups in total. The van der Waals surface area contributed by atoms with E-state index in [1.165, 1.54) is 15.6 Å². The minimum absolute atomic E-state index is 0.0569. The van der Waals surface area contributed by atoms with E-state index in [1.807, 2.05) is 36.9 Å². The molecule has 1 aromatic carbocycles. The highest BCUT2D eigenvalue weighted by molar-refractivity contribution is 8.14. The van der Waals surface area contributed by atoms with Gasteiger partial charge < -0.3 is 14.6 Å². The number of morpholine rings is 1. The lowest BCUT2D eigenvalue weighted by Crippen LogP contribution is -2.70. The Labute approximate surface area is 213 Å². The van der Waals surface area contributed by atoms with Gasteiger partial charge in [-0.25, -0.2) is 13.4 Å².